The SMILES string of the molecule is O=C1NCc2nc(-c3c(F)cccc3F)cc(Cc3ccc([C@H]4CCNC4=O)cn3)c21. The average molecular weight is 420 g/mol. The molecule has 156 valence electrons. The van der Waals surface area contributed by atoms with Crippen LogP contribution in [0.5, 0.6) is 0 Å². The van der Waals surface area contributed by atoms with E-state index < -0.39 is 11.6 Å². The van der Waals surface area contributed by atoms with E-state index in [2.05, 4.69) is 20.6 Å². The molecular weight excluding hydrogens is 402 g/mol. The Labute approximate surface area is 176 Å². The van der Waals surface area contributed by atoms with Crippen molar-refractivity contribution in [3.05, 3.63) is 82.3 Å². The summed E-state index contributed by atoms with van der Waals surface area (Å²) in [6.07, 6.45) is 2.69. The number of benzene rings is 1. The molecule has 4 heterocycles. The minimum Gasteiger partial charge on any atom is -0.356 e. The van der Waals surface area contributed by atoms with E-state index in [-0.39, 0.29) is 35.5 Å². The molecule has 3 aromatic rings. The summed E-state index contributed by atoms with van der Waals surface area (Å²) in [6.45, 7) is 0.854. The Balaban J connectivity index is 1.52. The number of pyridine rings is 2. The largest absolute Gasteiger partial charge is 0.356 e. The summed E-state index contributed by atoms with van der Waals surface area (Å²) in [6, 6.07) is 8.86. The maximum Gasteiger partial charge on any atom is 0.253 e. The van der Waals surface area contributed by atoms with Crippen molar-refractivity contribution >= 4 is 11.8 Å². The molecular formula is C23H18F2N4O2. The maximum atomic E-state index is 14.3. The number of carbonyl (C=O) groups excluding carboxylic acids is 2. The molecule has 2 aliphatic rings. The van der Waals surface area contributed by atoms with Crippen LogP contribution in [0.15, 0.2) is 42.6 Å². The Morgan fingerprint density at radius 3 is 2.52 bits per heavy atom. The predicted octanol–water partition coefficient (Wildman–Crippen LogP) is 2.86. The van der Waals surface area contributed by atoms with E-state index in [1.165, 1.54) is 18.2 Å². The molecule has 2 aliphatic heterocycles. The summed E-state index contributed by atoms with van der Waals surface area (Å²) >= 11 is 0. The minimum absolute atomic E-state index is 0.00488. The fourth-order valence-corrected chi connectivity index (χ4v) is 4.18. The first kappa shape index (κ1) is 19.3. The van der Waals surface area contributed by atoms with Crippen LogP contribution in [0.1, 0.15) is 45.2 Å². The van der Waals surface area contributed by atoms with E-state index in [0.29, 0.717) is 35.5 Å². The number of carbonyl (C=O) groups is 2. The molecule has 5 rings (SSSR count). The number of fused-ring (bicyclic) bond motifs is 1. The molecule has 2 aromatic heterocycles. The minimum atomic E-state index is -0.715. The van der Waals surface area contributed by atoms with E-state index in [1.807, 2.05) is 12.1 Å². The number of nitrogens with one attached hydrogen (secondary N) is 2. The lowest BCUT2D eigenvalue weighted by molar-refractivity contribution is -0.120. The van der Waals surface area contributed by atoms with Gasteiger partial charge in [0, 0.05) is 24.9 Å². The van der Waals surface area contributed by atoms with Gasteiger partial charge in [-0.1, -0.05) is 12.1 Å². The molecule has 1 aromatic carbocycles. The lowest BCUT2D eigenvalue weighted by atomic mass is 9.97. The smallest absolute Gasteiger partial charge is 0.253 e. The number of aromatic nitrogens is 2. The van der Waals surface area contributed by atoms with Gasteiger partial charge in [0.1, 0.15) is 11.6 Å². The molecule has 0 unspecified atom stereocenters. The summed E-state index contributed by atoms with van der Waals surface area (Å²) < 4.78 is 28.7. The maximum absolute atomic E-state index is 14.3. The van der Waals surface area contributed by atoms with Crippen LogP contribution in [0.3, 0.4) is 0 Å². The summed E-state index contributed by atoms with van der Waals surface area (Å²) in [5, 5.41) is 5.52. The third-order valence-corrected chi connectivity index (χ3v) is 5.71. The number of rotatable bonds is 4. The van der Waals surface area contributed by atoms with E-state index in [4.69, 9.17) is 0 Å². The molecule has 0 spiro atoms. The zero-order valence-electron chi connectivity index (χ0n) is 16.4. The van der Waals surface area contributed by atoms with Crippen molar-refractivity contribution < 1.29 is 18.4 Å². The number of halogens is 2. The molecule has 0 aliphatic carbocycles. The Bertz CT molecular complexity index is 1190. The summed E-state index contributed by atoms with van der Waals surface area (Å²) in [5.74, 6) is -1.90. The van der Waals surface area contributed by atoms with Crippen molar-refractivity contribution in [2.24, 2.45) is 0 Å². The van der Waals surface area contributed by atoms with Crippen LogP contribution >= 0.6 is 0 Å². The van der Waals surface area contributed by atoms with Gasteiger partial charge in [0.15, 0.2) is 0 Å². The number of hydrogen-bond donors (Lipinski definition) is 2. The Hall–Kier alpha value is -3.68. The second kappa shape index (κ2) is 7.54. The van der Waals surface area contributed by atoms with Crippen LogP contribution in [-0.2, 0) is 17.8 Å². The highest BCUT2D eigenvalue weighted by atomic mass is 19.1. The normalized spacial score (nSPS) is 17.4. The number of hydrogen-bond acceptors (Lipinski definition) is 4. The molecule has 2 amide bonds. The van der Waals surface area contributed by atoms with Crippen molar-refractivity contribution in [1.82, 2.24) is 20.6 Å². The third-order valence-electron chi connectivity index (χ3n) is 5.71. The monoisotopic (exact) mass is 420 g/mol. The molecule has 0 bridgehead atoms. The van der Waals surface area contributed by atoms with Crippen LogP contribution in [0.4, 0.5) is 8.78 Å². The molecule has 1 saturated heterocycles. The van der Waals surface area contributed by atoms with Crippen LogP contribution in [0.25, 0.3) is 11.3 Å². The van der Waals surface area contributed by atoms with Crippen LogP contribution in [0, 0.1) is 11.6 Å². The Morgan fingerprint density at radius 1 is 1.03 bits per heavy atom. The zero-order chi connectivity index (χ0) is 21.5. The molecule has 1 atom stereocenters. The van der Waals surface area contributed by atoms with E-state index in [9.17, 15) is 18.4 Å². The summed E-state index contributed by atoms with van der Waals surface area (Å²) in [4.78, 5) is 33.1. The first-order chi connectivity index (χ1) is 15.0. The van der Waals surface area contributed by atoms with E-state index >= 15 is 0 Å². The van der Waals surface area contributed by atoms with E-state index in [0.717, 1.165) is 12.0 Å². The topological polar surface area (TPSA) is 84.0 Å². The van der Waals surface area contributed by atoms with Gasteiger partial charge in [-0.2, -0.15) is 0 Å². The highest BCUT2D eigenvalue weighted by Gasteiger charge is 2.28. The van der Waals surface area contributed by atoms with Gasteiger partial charge in [0.05, 0.1) is 35.0 Å². The second-order valence-electron chi connectivity index (χ2n) is 7.66. The molecule has 31 heavy (non-hydrogen) atoms. The van der Waals surface area contributed by atoms with Crippen LogP contribution in [0.2, 0.25) is 0 Å². The second-order valence-corrected chi connectivity index (χ2v) is 7.66. The van der Waals surface area contributed by atoms with Gasteiger partial charge in [-0.05, 0) is 41.8 Å². The van der Waals surface area contributed by atoms with Crippen molar-refractivity contribution in [1.29, 1.82) is 0 Å². The first-order valence-corrected chi connectivity index (χ1v) is 9.99. The van der Waals surface area contributed by atoms with Crippen molar-refractivity contribution in [3.8, 4) is 11.3 Å². The molecule has 0 radical (unpaired) electrons. The highest BCUT2D eigenvalue weighted by molar-refractivity contribution is 5.99. The third kappa shape index (κ3) is 3.43. The summed E-state index contributed by atoms with van der Waals surface area (Å²) in [7, 11) is 0. The molecule has 0 saturated carbocycles. The van der Waals surface area contributed by atoms with Crippen molar-refractivity contribution in [2.75, 3.05) is 6.54 Å². The molecule has 6 nitrogen and oxygen atoms in total. The van der Waals surface area contributed by atoms with Crippen LogP contribution in [-0.4, -0.2) is 28.3 Å². The lowest BCUT2D eigenvalue weighted by Crippen LogP contribution is -2.18. The number of amides is 2. The Kier molecular flexibility index (Phi) is 4.69. The number of nitrogens with zero attached hydrogens (tertiary/aromatic N) is 2. The van der Waals surface area contributed by atoms with Gasteiger partial charge in [-0.3, -0.25) is 14.6 Å². The van der Waals surface area contributed by atoms with Gasteiger partial charge < -0.3 is 10.6 Å². The van der Waals surface area contributed by atoms with Gasteiger partial charge >= 0.3 is 0 Å². The van der Waals surface area contributed by atoms with Gasteiger partial charge in [-0.25, -0.2) is 13.8 Å². The summed E-state index contributed by atoms with van der Waals surface area (Å²) in [5.41, 5.74) is 2.90. The fraction of sp³-hybridized carbons (Fsp3) is 0.217. The fourth-order valence-electron chi connectivity index (χ4n) is 4.18. The van der Waals surface area contributed by atoms with Crippen LogP contribution < -0.4 is 10.6 Å². The van der Waals surface area contributed by atoms with Gasteiger partial charge in [-0.15, -0.1) is 0 Å². The van der Waals surface area contributed by atoms with Crippen molar-refractivity contribution in [3.63, 3.8) is 0 Å². The Morgan fingerprint density at radius 2 is 1.84 bits per heavy atom. The quantitative estimate of drug-likeness (QED) is 0.680. The van der Waals surface area contributed by atoms with Gasteiger partial charge in [0.25, 0.3) is 5.91 Å². The zero-order valence-corrected chi connectivity index (χ0v) is 16.4. The van der Waals surface area contributed by atoms with Gasteiger partial charge in [0.2, 0.25) is 5.91 Å². The highest BCUT2D eigenvalue weighted by Crippen LogP contribution is 2.30. The lowest BCUT2D eigenvalue weighted by Gasteiger charge is -2.12. The molecule has 8 heteroatoms. The molecule has 1 fully saturated rings. The average Bonchev–Trinajstić information content (AvgIpc) is 3.34. The first-order valence-electron chi connectivity index (χ1n) is 9.99. The standard InChI is InChI=1S/C23H18F2N4O2/c24-16-2-1-3-17(25)21(16)18-9-13(20-19(29-18)11-28-23(20)31)8-14-5-4-12(10-27-14)15-6-7-26-22(15)30/h1-5,9-10,15H,6-8,11H2,(H,26,30)(H,28,31)/t15-/m1/s1. The van der Waals surface area contributed by atoms with E-state index in [1.54, 1.807) is 12.3 Å². The van der Waals surface area contributed by atoms with Crippen molar-refractivity contribution in [2.45, 2.75) is 25.3 Å². The predicted molar refractivity (Wildman–Crippen MR) is 108 cm³/mol. The molecule has 2 N–H and O–H groups in total.